The molecule has 1 N–H and O–H groups in total. The predicted molar refractivity (Wildman–Crippen MR) is 102 cm³/mol. The summed E-state index contributed by atoms with van der Waals surface area (Å²) < 4.78 is 45.4. The molecule has 1 heterocycles. The third-order valence-electron chi connectivity index (χ3n) is 4.05. The molecule has 0 bridgehead atoms. The number of nitrogens with zero attached hydrogens (tertiary/aromatic N) is 3. The number of carbonyl (C=O) groups is 1. The Balaban J connectivity index is 1.97. The average Bonchev–Trinajstić information content (AvgIpc) is 3.12. The van der Waals surface area contributed by atoms with Gasteiger partial charge in [0.1, 0.15) is 0 Å². The molecule has 29 heavy (non-hydrogen) atoms. The van der Waals surface area contributed by atoms with Crippen molar-refractivity contribution in [1.29, 1.82) is 0 Å². The molecular formula is C20H19F3N4O2. The van der Waals surface area contributed by atoms with Gasteiger partial charge in [0.2, 0.25) is 5.91 Å². The van der Waals surface area contributed by atoms with Crippen molar-refractivity contribution in [2.75, 3.05) is 11.9 Å². The fraction of sp³-hybridized carbons (Fsp3) is 0.250. The minimum Gasteiger partial charge on any atom is -0.463 e. The van der Waals surface area contributed by atoms with Gasteiger partial charge < -0.3 is 10.1 Å². The fourth-order valence-corrected chi connectivity index (χ4v) is 2.59. The number of rotatable bonds is 6. The zero-order chi connectivity index (χ0) is 21.0. The second-order valence-corrected chi connectivity index (χ2v) is 6.09. The van der Waals surface area contributed by atoms with Gasteiger partial charge in [-0.05, 0) is 43.3 Å². The Morgan fingerprint density at radius 2 is 1.72 bits per heavy atom. The standard InChI is InChI=1S/C20H19F3N4O2/c1-3-17(28)24-15-9-11-16(12-10-15)27-18(25-19(26-27)29-4-2)13-5-7-14(8-6-13)20(21,22)23/h5-12H,3-4H2,1-2H3,(H,24,28). The molecule has 2 aromatic carbocycles. The summed E-state index contributed by atoms with van der Waals surface area (Å²) in [5.74, 6) is 0.232. The molecule has 1 aromatic heterocycles. The number of alkyl halides is 3. The molecule has 3 rings (SSSR count). The first-order valence-electron chi connectivity index (χ1n) is 8.99. The molecule has 1 amide bonds. The van der Waals surface area contributed by atoms with E-state index in [1.54, 1.807) is 38.1 Å². The molecule has 9 heteroatoms. The van der Waals surface area contributed by atoms with Crippen molar-refractivity contribution in [2.24, 2.45) is 0 Å². The van der Waals surface area contributed by atoms with E-state index in [2.05, 4.69) is 15.4 Å². The molecule has 0 radical (unpaired) electrons. The smallest absolute Gasteiger partial charge is 0.416 e. The number of aromatic nitrogens is 3. The van der Waals surface area contributed by atoms with E-state index in [0.717, 1.165) is 12.1 Å². The molecule has 6 nitrogen and oxygen atoms in total. The lowest BCUT2D eigenvalue weighted by Gasteiger charge is -2.09. The van der Waals surface area contributed by atoms with Gasteiger partial charge in [0, 0.05) is 17.7 Å². The van der Waals surface area contributed by atoms with Gasteiger partial charge in [0.25, 0.3) is 0 Å². The molecule has 0 spiro atoms. The van der Waals surface area contributed by atoms with E-state index >= 15 is 0 Å². The Hall–Kier alpha value is -3.36. The first-order chi connectivity index (χ1) is 13.8. The van der Waals surface area contributed by atoms with E-state index in [4.69, 9.17) is 4.74 Å². The van der Waals surface area contributed by atoms with Crippen LogP contribution in [0, 0.1) is 0 Å². The average molecular weight is 404 g/mol. The zero-order valence-corrected chi connectivity index (χ0v) is 15.8. The highest BCUT2D eigenvalue weighted by Gasteiger charge is 2.30. The van der Waals surface area contributed by atoms with Crippen LogP contribution in [0.25, 0.3) is 17.1 Å². The maximum absolute atomic E-state index is 12.8. The number of hydrogen-bond donors (Lipinski definition) is 1. The van der Waals surface area contributed by atoms with Crippen LogP contribution in [0.4, 0.5) is 18.9 Å². The Bertz CT molecular complexity index is 980. The first kappa shape index (κ1) is 20.4. The highest BCUT2D eigenvalue weighted by atomic mass is 19.4. The summed E-state index contributed by atoms with van der Waals surface area (Å²) in [4.78, 5) is 15.8. The number of hydrogen-bond acceptors (Lipinski definition) is 4. The monoisotopic (exact) mass is 404 g/mol. The number of carbonyl (C=O) groups excluding carboxylic acids is 1. The minimum atomic E-state index is -4.42. The molecule has 152 valence electrons. The summed E-state index contributed by atoms with van der Waals surface area (Å²) in [7, 11) is 0. The van der Waals surface area contributed by atoms with E-state index < -0.39 is 11.7 Å². The highest BCUT2D eigenvalue weighted by molar-refractivity contribution is 5.90. The normalized spacial score (nSPS) is 11.3. The van der Waals surface area contributed by atoms with Crippen molar-refractivity contribution in [3.8, 4) is 23.1 Å². The van der Waals surface area contributed by atoms with Gasteiger partial charge >= 0.3 is 12.2 Å². The lowest BCUT2D eigenvalue weighted by Crippen LogP contribution is -2.09. The van der Waals surface area contributed by atoms with Crippen LogP contribution in [-0.2, 0) is 11.0 Å². The lowest BCUT2D eigenvalue weighted by atomic mass is 10.1. The number of amides is 1. The van der Waals surface area contributed by atoms with Gasteiger partial charge in [0.15, 0.2) is 5.82 Å². The van der Waals surface area contributed by atoms with Crippen molar-refractivity contribution >= 4 is 11.6 Å². The maximum Gasteiger partial charge on any atom is 0.416 e. The number of anilines is 1. The SMILES string of the molecule is CCOc1nc(-c2ccc(C(F)(F)F)cc2)n(-c2ccc(NC(=O)CC)cc2)n1. The summed E-state index contributed by atoms with van der Waals surface area (Å²) in [6.07, 6.45) is -4.05. The van der Waals surface area contributed by atoms with Crippen LogP contribution in [-0.4, -0.2) is 27.3 Å². The van der Waals surface area contributed by atoms with Crippen LogP contribution in [0.15, 0.2) is 48.5 Å². The number of benzene rings is 2. The van der Waals surface area contributed by atoms with E-state index in [9.17, 15) is 18.0 Å². The molecule has 0 saturated carbocycles. The molecular weight excluding hydrogens is 385 g/mol. The van der Waals surface area contributed by atoms with Gasteiger partial charge in [-0.25, -0.2) is 4.68 Å². The predicted octanol–water partition coefficient (Wildman–Crippen LogP) is 4.70. The third-order valence-corrected chi connectivity index (χ3v) is 4.05. The van der Waals surface area contributed by atoms with Gasteiger partial charge in [0.05, 0.1) is 17.9 Å². The number of ether oxygens (including phenoxy) is 1. The van der Waals surface area contributed by atoms with Crippen LogP contribution in [0.2, 0.25) is 0 Å². The fourth-order valence-electron chi connectivity index (χ4n) is 2.59. The largest absolute Gasteiger partial charge is 0.463 e. The van der Waals surface area contributed by atoms with Gasteiger partial charge in [-0.15, -0.1) is 5.10 Å². The van der Waals surface area contributed by atoms with Crippen LogP contribution >= 0.6 is 0 Å². The van der Waals surface area contributed by atoms with Crippen LogP contribution < -0.4 is 10.1 Å². The Morgan fingerprint density at radius 1 is 1.07 bits per heavy atom. The third kappa shape index (κ3) is 4.74. The number of halogens is 3. The quantitative estimate of drug-likeness (QED) is 0.647. The Kier molecular flexibility index (Phi) is 5.86. The van der Waals surface area contributed by atoms with Crippen LogP contribution in [0.3, 0.4) is 0 Å². The van der Waals surface area contributed by atoms with Crippen molar-refractivity contribution < 1.29 is 22.7 Å². The summed E-state index contributed by atoms with van der Waals surface area (Å²) in [5.41, 5.74) is 0.961. The topological polar surface area (TPSA) is 69.0 Å². The molecule has 0 aliphatic heterocycles. The molecule has 3 aromatic rings. The van der Waals surface area contributed by atoms with E-state index in [0.29, 0.717) is 35.8 Å². The second kappa shape index (κ2) is 8.34. The number of nitrogens with one attached hydrogen (secondary N) is 1. The highest BCUT2D eigenvalue weighted by Crippen LogP contribution is 2.31. The first-order valence-corrected chi connectivity index (χ1v) is 8.99. The maximum atomic E-state index is 12.8. The Labute approximate surface area is 165 Å². The van der Waals surface area contributed by atoms with Crippen molar-refractivity contribution in [1.82, 2.24) is 14.8 Å². The summed E-state index contributed by atoms with van der Waals surface area (Å²) in [6, 6.07) is 11.7. The van der Waals surface area contributed by atoms with Crippen LogP contribution in [0.1, 0.15) is 25.8 Å². The molecule has 0 fully saturated rings. The second-order valence-electron chi connectivity index (χ2n) is 6.09. The molecule has 0 atom stereocenters. The summed E-state index contributed by atoms with van der Waals surface area (Å²) in [6.45, 7) is 3.88. The van der Waals surface area contributed by atoms with Crippen molar-refractivity contribution in [3.63, 3.8) is 0 Å². The minimum absolute atomic E-state index is 0.109. The van der Waals surface area contributed by atoms with E-state index in [1.807, 2.05) is 0 Å². The van der Waals surface area contributed by atoms with E-state index in [-0.39, 0.29) is 11.9 Å². The van der Waals surface area contributed by atoms with Crippen molar-refractivity contribution in [3.05, 3.63) is 54.1 Å². The van der Waals surface area contributed by atoms with Gasteiger partial charge in [-0.3, -0.25) is 4.79 Å². The lowest BCUT2D eigenvalue weighted by molar-refractivity contribution is -0.137. The van der Waals surface area contributed by atoms with Crippen molar-refractivity contribution in [2.45, 2.75) is 26.4 Å². The van der Waals surface area contributed by atoms with Gasteiger partial charge in [-0.1, -0.05) is 19.1 Å². The summed E-state index contributed by atoms with van der Waals surface area (Å²) in [5, 5.41) is 7.05. The molecule has 0 aliphatic carbocycles. The molecule has 0 saturated heterocycles. The Morgan fingerprint density at radius 3 is 2.28 bits per heavy atom. The zero-order valence-electron chi connectivity index (χ0n) is 15.8. The van der Waals surface area contributed by atoms with Gasteiger partial charge in [-0.2, -0.15) is 18.2 Å². The van der Waals surface area contributed by atoms with E-state index in [1.165, 1.54) is 16.8 Å². The molecule has 0 unspecified atom stereocenters. The summed E-state index contributed by atoms with van der Waals surface area (Å²) >= 11 is 0. The van der Waals surface area contributed by atoms with Crippen LogP contribution in [0.5, 0.6) is 6.01 Å². The molecule has 0 aliphatic rings.